The third-order valence-electron chi connectivity index (χ3n) is 4.35. The second-order valence-electron chi connectivity index (χ2n) is 6.79. The molecule has 168 valence electrons. The van der Waals surface area contributed by atoms with Gasteiger partial charge in [0, 0.05) is 25.7 Å². The van der Waals surface area contributed by atoms with E-state index in [-0.39, 0.29) is 18.6 Å². The molecule has 0 aliphatic carbocycles. The van der Waals surface area contributed by atoms with Crippen LogP contribution in [0.2, 0.25) is 0 Å². The van der Waals surface area contributed by atoms with Crippen LogP contribution in [-0.2, 0) is 0 Å². The molecule has 0 saturated carbocycles. The van der Waals surface area contributed by atoms with E-state index in [2.05, 4.69) is 0 Å². The number of unbranched alkanes of at least 4 members (excludes halogenated alkanes) is 5. The fourth-order valence-electron chi connectivity index (χ4n) is 1.85. The Morgan fingerprint density at radius 3 is 1.07 bits per heavy atom. The first-order valence-corrected chi connectivity index (χ1v) is 9.82. The molecule has 0 spiro atoms. The lowest BCUT2D eigenvalue weighted by Crippen LogP contribution is -2.37. The van der Waals surface area contributed by atoms with E-state index >= 15 is 0 Å². The van der Waals surface area contributed by atoms with Crippen LogP contribution >= 0.6 is 0 Å². The van der Waals surface area contributed by atoms with Crippen LogP contribution < -0.4 is 0 Å². The van der Waals surface area contributed by atoms with Crippen LogP contribution in [0.3, 0.4) is 0 Å². The summed E-state index contributed by atoms with van der Waals surface area (Å²) in [6, 6.07) is 0. The highest BCUT2D eigenvalue weighted by atomic mass is 16.3. The maximum absolute atomic E-state index is 8.85. The second kappa shape index (κ2) is 23.7. The number of hydrogen-bond acceptors (Lipinski definition) is 8. The molecule has 0 saturated heterocycles. The number of rotatable bonds is 14. The maximum atomic E-state index is 8.85. The van der Waals surface area contributed by atoms with Crippen molar-refractivity contribution in [3.05, 3.63) is 0 Å². The SMILES string of the molecule is CCC(CO)C(C)O.OCC(CO)(CO)CO.OCCCCCCCCO. The summed E-state index contributed by atoms with van der Waals surface area (Å²) in [5, 5.41) is 68.2. The highest BCUT2D eigenvalue weighted by molar-refractivity contribution is 4.74. The Labute approximate surface area is 164 Å². The van der Waals surface area contributed by atoms with Gasteiger partial charge >= 0.3 is 0 Å². The van der Waals surface area contributed by atoms with Crippen molar-refractivity contribution in [2.75, 3.05) is 46.2 Å². The average Bonchev–Trinajstić information content (AvgIpc) is 2.69. The topological polar surface area (TPSA) is 162 Å². The molecule has 0 aromatic rings. The van der Waals surface area contributed by atoms with Crippen LogP contribution in [0.4, 0.5) is 0 Å². The standard InChI is InChI=1S/C8H18O2.C6H14O2.C5H12O4/c9-7-5-3-1-2-4-6-8-10;1-3-6(4-7)5(2)8;6-1-5(2-7,3-8)4-9/h9-10H,1-8H2;5-8H,3-4H2,1-2H3;6-9H,1-4H2. The second-order valence-corrected chi connectivity index (χ2v) is 6.79. The molecule has 0 aliphatic rings. The number of hydrogen-bond donors (Lipinski definition) is 8. The summed E-state index contributed by atoms with van der Waals surface area (Å²) in [7, 11) is 0. The molecule has 0 amide bonds. The molecule has 2 atom stereocenters. The maximum Gasteiger partial charge on any atom is 0.0627 e. The Balaban J connectivity index is -0.000000322. The van der Waals surface area contributed by atoms with Crippen LogP contribution in [0, 0.1) is 11.3 Å². The Morgan fingerprint density at radius 1 is 0.630 bits per heavy atom. The Hall–Kier alpha value is -0.320. The van der Waals surface area contributed by atoms with Crippen LogP contribution in [0.25, 0.3) is 0 Å². The molecule has 0 bridgehead atoms. The van der Waals surface area contributed by atoms with Gasteiger partial charge in [-0.15, -0.1) is 0 Å². The predicted molar refractivity (Wildman–Crippen MR) is 105 cm³/mol. The molecular weight excluding hydrogens is 356 g/mol. The van der Waals surface area contributed by atoms with Crippen molar-refractivity contribution in [3.8, 4) is 0 Å². The first-order chi connectivity index (χ1) is 12.9. The van der Waals surface area contributed by atoms with Gasteiger partial charge in [0.05, 0.1) is 37.9 Å². The van der Waals surface area contributed by atoms with E-state index in [9.17, 15) is 0 Å². The molecule has 27 heavy (non-hydrogen) atoms. The molecule has 0 rings (SSSR count). The van der Waals surface area contributed by atoms with Gasteiger partial charge in [-0.05, 0) is 26.2 Å². The van der Waals surface area contributed by atoms with Gasteiger partial charge in [-0.1, -0.05) is 32.6 Å². The minimum absolute atomic E-state index is 0.0648. The smallest absolute Gasteiger partial charge is 0.0627 e. The fourth-order valence-corrected chi connectivity index (χ4v) is 1.85. The third-order valence-corrected chi connectivity index (χ3v) is 4.35. The van der Waals surface area contributed by atoms with Crippen LogP contribution in [0.5, 0.6) is 0 Å². The normalized spacial score (nSPS) is 13.1. The Kier molecular flexibility index (Phi) is 27.6. The van der Waals surface area contributed by atoms with Crippen LogP contribution in [0.1, 0.15) is 58.8 Å². The van der Waals surface area contributed by atoms with Crippen molar-refractivity contribution in [1.29, 1.82) is 0 Å². The van der Waals surface area contributed by atoms with Crippen molar-refractivity contribution < 1.29 is 40.9 Å². The molecule has 0 aromatic carbocycles. The van der Waals surface area contributed by atoms with Crippen molar-refractivity contribution >= 4 is 0 Å². The molecule has 2 unspecified atom stereocenters. The Bertz CT molecular complexity index is 231. The summed E-state index contributed by atoms with van der Waals surface area (Å²) in [4.78, 5) is 0. The highest BCUT2D eigenvalue weighted by Gasteiger charge is 2.26. The van der Waals surface area contributed by atoms with Crippen LogP contribution in [-0.4, -0.2) is 93.2 Å². The summed E-state index contributed by atoms with van der Waals surface area (Å²) in [5.41, 5.74) is -1.11. The summed E-state index contributed by atoms with van der Waals surface area (Å²) < 4.78 is 0. The van der Waals surface area contributed by atoms with Gasteiger partial charge in [0.2, 0.25) is 0 Å². The Morgan fingerprint density at radius 2 is 0.963 bits per heavy atom. The van der Waals surface area contributed by atoms with Gasteiger partial charge in [0.1, 0.15) is 0 Å². The molecule has 0 aliphatic heterocycles. The molecule has 0 aromatic heterocycles. The first kappa shape index (κ1) is 31.4. The molecule has 8 nitrogen and oxygen atoms in total. The molecule has 8 heteroatoms. The monoisotopic (exact) mass is 400 g/mol. The van der Waals surface area contributed by atoms with Crippen molar-refractivity contribution in [1.82, 2.24) is 0 Å². The molecule has 8 N–H and O–H groups in total. The number of aliphatic hydroxyl groups excluding tert-OH is 8. The van der Waals surface area contributed by atoms with E-state index in [4.69, 9.17) is 40.9 Å². The van der Waals surface area contributed by atoms with Crippen molar-refractivity contribution in [2.45, 2.75) is 64.9 Å². The van der Waals surface area contributed by atoms with Gasteiger partial charge in [-0.25, -0.2) is 0 Å². The molecule has 0 fully saturated rings. The molecule has 0 heterocycles. The highest BCUT2D eigenvalue weighted by Crippen LogP contribution is 2.11. The lowest BCUT2D eigenvalue weighted by Gasteiger charge is -2.23. The van der Waals surface area contributed by atoms with E-state index in [0.717, 1.165) is 32.1 Å². The van der Waals surface area contributed by atoms with E-state index < -0.39 is 31.8 Å². The van der Waals surface area contributed by atoms with Crippen molar-refractivity contribution in [2.24, 2.45) is 11.3 Å². The minimum Gasteiger partial charge on any atom is -0.396 e. The van der Waals surface area contributed by atoms with Gasteiger partial charge < -0.3 is 40.9 Å². The largest absolute Gasteiger partial charge is 0.396 e. The van der Waals surface area contributed by atoms with Gasteiger partial charge in [-0.3, -0.25) is 0 Å². The minimum atomic E-state index is -1.11. The summed E-state index contributed by atoms with van der Waals surface area (Å²) >= 11 is 0. The summed E-state index contributed by atoms with van der Waals surface area (Å²) in [6.07, 6.45) is 6.97. The van der Waals surface area contributed by atoms with Crippen LogP contribution in [0.15, 0.2) is 0 Å². The quantitative estimate of drug-likeness (QED) is 0.183. The summed E-state index contributed by atoms with van der Waals surface area (Å²) in [5.74, 6) is 0.0648. The lowest BCUT2D eigenvalue weighted by atomic mass is 9.93. The van der Waals surface area contributed by atoms with E-state index in [1.807, 2.05) is 6.92 Å². The molecular formula is C19H44O8. The first-order valence-electron chi connectivity index (χ1n) is 9.82. The van der Waals surface area contributed by atoms with E-state index in [0.29, 0.717) is 13.2 Å². The third kappa shape index (κ3) is 20.2. The average molecular weight is 401 g/mol. The van der Waals surface area contributed by atoms with Gasteiger partial charge in [-0.2, -0.15) is 0 Å². The summed E-state index contributed by atoms with van der Waals surface area (Å²) in [6.45, 7) is 2.76. The van der Waals surface area contributed by atoms with E-state index in [1.165, 1.54) is 12.8 Å². The van der Waals surface area contributed by atoms with Gasteiger partial charge in [0.15, 0.2) is 0 Å². The zero-order valence-electron chi connectivity index (χ0n) is 17.1. The molecule has 0 radical (unpaired) electrons. The zero-order valence-corrected chi connectivity index (χ0v) is 17.1. The zero-order chi connectivity index (χ0) is 21.6. The van der Waals surface area contributed by atoms with Crippen molar-refractivity contribution in [3.63, 3.8) is 0 Å². The lowest BCUT2D eigenvalue weighted by molar-refractivity contribution is -0.0328. The predicted octanol–water partition coefficient (Wildman–Crippen LogP) is -0.361. The van der Waals surface area contributed by atoms with Gasteiger partial charge in [0.25, 0.3) is 0 Å². The number of aliphatic hydroxyl groups is 8. The van der Waals surface area contributed by atoms with E-state index in [1.54, 1.807) is 6.92 Å². The fraction of sp³-hybridized carbons (Fsp3) is 1.00.